The summed E-state index contributed by atoms with van der Waals surface area (Å²) in [7, 11) is -2.31. The second-order valence-electron chi connectivity index (χ2n) is 8.32. The van der Waals surface area contributed by atoms with Crippen LogP contribution < -0.4 is 10.0 Å². The minimum absolute atomic E-state index is 0.0157. The molecule has 7 nitrogen and oxygen atoms in total. The van der Waals surface area contributed by atoms with Crippen LogP contribution in [0, 0.1) is 20.8 Å². The molecule has 0 saturated carbocycles. The standard InChI is InChI=1S/C26H29N3O4S/c1-18-13-19(2)25(20(3)14-18)28-24(30)17-29(4)26(31)22-11-8-12-23(15-22)34(32,33)27-16-21-9-6-5-7-10-21/h5-15,27H,16-17H2,1-4H3,(H,28,30). The van der Waals surface area contributed by atoms with E-state index in [4.69, 9.17) is 0 Å². The zero-order valence-electron chi connectivity index (χ0n) is 19.8. The Bertz CT molecular complexity index is 1280. The van der Waals surface area contributed by atoms with Crippen LogP contribution in [0.4, 0.5) is 5.69 Å². The van der Waals surface area contributed by atoms with E-state index < -0.39 is 15.9 Å². The molecule has 2 amide bonds. The lowest BCUT2D eigenvalue weighted by Gasteiger charge is -2.19. The zero-order valence-corrected chi connectivity index (χ0v) is 20.6. The van der Waals surface area contributed by atoms with Crippen LogP contribution in [0.5, 0.6) is 0 Å². The largest absolute Gasteiger partial charge is 0.332 e. The zero-order chi connectivity index (χ0) is 24.9. The predicted molar refractivity (Wildman–Crippen MR) is 133 cm³/mol. The maximum Gasteiger partial charge on any atom is 0.254 e. The summed E-state index contributed by atoms with van der Waals surface area (Å²) in [5.41, 5.74) is 4.73. The van der Waals surface area contributed by atoms with Crippen molar-refractivity contribution in [3.05, 3.63) is 94.5 Å². The first-order valence-corrected chi connectivity index (χ1v) is 12.3. The summed E-state index contributed by atoms with van der Waals surface area (Å²) < 4.78 is 28.0. The minimum atomic E-state index is -3.82. The van der Waals surface area contributed by atoms with E-state index in [0.717, 1.165) is 27.9 Å². The number of likely N-dealkylation sites (N-methyl/N-ethyl adjacent to an activating group) is 1. The van der Waals surface area contributed by atoms with Gasteiger partial charge in [-0.15, -0.1) is 0 Å². The fraction of sp³-hybridized carbons (Fsp3) is 0.231. The third-order valence-corrected chi connectivity index (χ3v) is 6.77. The number of amides is 2. The Balaban J connectivity index is 1.67. The molecule has 0 aromatic heterocycles. The third-order valence-electron chi connectivity index (χ3n) is 5.37. The normalized spacial score (nSPS) is 11.2. The molecule has 8 heteroatoms. The summed E-state index contributed by atoms with van der Waals surface area (Å²) in [6.07, 6.45) is 0. The van der Waals surface area contributed by atoms with Gasteiger partial charge in [0.1, 0.15) is 0 Å². The first-order chi connectivity index (χ1) is 16.1. The quantitative estimate of drug-likeness (QED) is 0.514. The molecule has 0 fully saturated rings. The van der Waals surface area contributed by atoms with Gasteiger partial charge < -0.3 is 10.2 Å². The van der Waals surface area contributed by atoms with Crippen molar-refractivity contribution < 1.29 is 18.0 Å². The van der Waals surface area contributed by atoms with Gasteiger partial charge in [0.25, 0.3) is 5.91 Å². The lowest BCUT2D eigenvalue weighted by atomic mass is 10.1. The van der Waals surface area contributed by atoms with Crippen LogP contribution in [0.25, 0.3) is 0 Å². The van der Waals surface area contributed by atoms with Crippen molar-refractivity contribution in [3.8, 4) is 0 Å². The molecule has 3 aromatic carbocycles. The lowest BCUT2D eigenvalue weighted by molar-refractivity contribution is -0.116. The number of nitrogens with zero attached hydrogens (tertiary/aromatic N) is 1. The summed E-state index contributed by atoms with van der Waals surface area (Å²) in [5.74, 6) is -0.785. The van der Waals surface area contributed by atoms with Gasteiger partial charge in [-0.1, -0.05) is 54.1 Å². The van der Waals surface area contributed by atoms with Crippen LogP contribution in [0.1, 0.15) is 32.6 Å². The van der Waals surface area contributed by atoms with Gasteiger partial charge in [-0.2, -0.15) is 0 Å². The summed E-state index contributed by atoms with van der Waals surface area (Å²) in [6.45, 7) is 5.79. The van der Waals surface area contributed by atoms with E-state index in [1.54, 1.807) is 0 Å². The van der Waals surface area contributed by atoms with E-state index in [1.165, 1.54) is 36.2 Å². The van der Waals surface area contributed by atoms with Gasteiger partial charge >= 0.3 is 0 Å². The molecular weight excluding hydrogens is 450 g/mol. The van der Waals surface area contributed by atoms with Gasteiger partial charge in [-0.25, -0.2) is 13.1 Å². The average molecular weight is 480 g/mol. The maximum atomic E-state index is 12.9. The average Bonchev–Trinajstić information content (AvgIpc) is 2.80. The van der Waals surface area contributed by atoms with Crippen molar-refractivity contribution >= 4 is 27.5 Å². The fourth-order valence-corrected chi connectivity index (χ4v) is 4.78. The van der Waals surface area contributed by atoms with Gasteiger partial charge in [0.15, 0.2) is 0 Å². The highest BCUT2D eigenvalue weighted by Gasteiger charge is 2.20. The number of carbonyl (C=O) groups excluding carboxylic acids is 2. The molecule has 178 valence electrons. The van der Waals surface area contributed by atoms with Crippen LogP contribution in [-0.4, -0.2) is 38.7 Å². The highest BCUT2D eigenvalue weighted by molar-refractivity contribution is 7.89. The second-order valence-corrected chi connectivity index (χ2v) is 10.1. The van der Waals surface area contributed by atoms with Crippen LogP contribution >= 0.6 is 0 Å². The molecule has 3 aromatic rings. The van der Waals surface area contributed by atoms with Crippen molar-refractivity contribution in [2.24, 2.45) is 0 Å². The number of aryl methyl sites for hydroxylation is 3. The summed E-state index contributed by atoms with van der Waals surface area (Å²) >= 11 is 0. The van der Waals surface area contributed by atoms with E-state index in [9.17, 15) is 18.0 Å². The number of rotatable bonds is 8. The van der Waals surface area contributed by atoms with Crippen molar-refractivity contribution in [2.45, 2.75) is 32.2 Å². The predicted octanol–water partition coefficient (Wildman–Crippen LogP) is 3.80. The van der Waals surface area contributed by atoms with Crippen LogP contribution in [0.2, 0.25) is 0 Å². The molecule has 3 rings (SSSR count). The molecule has 0 atom stereocenters. The molecule has 2 N–H and O–H groups in total. The Kier molecular flexibility index (Phi) is 7.86. The Morgan fingerprint density at radius 2 is 1.53 bits per heavy atom. The van der Waals surface area contributed by atoms with Crippen molar-refractivity contribution in [1.29, 1.82) is 0 Å². The molecule has 0 spiro atoms. The first-order valence-electron chi connectivity index (χ1n) is 10.8. The van der Waals surface area contributed by atoms with E-state index in [1.807, 2.05) is 63.2 Å². The molecule has 0 radical (unpaired) electrons. The Morgan fingerprint density at radius 3 is 2.18 bits per heavy atom. The van der Waals surface area contributed by atoms with Gasteiger partial charge in [-0.3, -0.25) is 9.59 Å². The van der Waals surface area contributed by atoms with E-state index in [-0.39, 0.29) is 29.5 Å². The lowest BCUT2D eigenvalue weighted by Crippen LogP contribution is -2.35. The monoisotopic (exact) mass is 479 g/mol. The molecule has 0 aliphatic rings. The smallest absolute Gasteiger partial charge is 0.254 e. The maximum absolute atomic E-state index is 12.9. The molecule has 0 aliphatic carbocycles. The molecule has 34 heavy (non-hydrogen) atoms. The summed E-state index contributed by atoms with van der Waals surface area (Å²) in [5, 5.41) is 2.87. The number of anilines is 1. The van der Waals surface area contributed by atoms with E-state index in [0.29, 0.717) is 0 Å². The second kappa shape index (κ2) is 10.6. The molecule has 0 bridgehead atoms. The Morgan fingerprint density at radius 1 is 0.882 bits per heavy atom. The minimum Gasteiger partial charge on any atom is -0.332 e. The number of hydrogen-bond donors (Lipinski definition) is 2. The van der Waals surface area contributed by atoms with E-state index >= 15 is 0 Å². The Labute approximate surface area is 200 Å². The highest BCUT2D eigenvalue weighted by atomic mass is 32.2. The van der Waals surface area contributed by atoms with Crippen molar-refractivity contribution in [2.75, 3.05) is 18.9 Å². The van der Waals surface area contributed by atoms with Crippen LogP contribution in [-0.2, 0) is 21.4 Å². The molecule has 0 unspecified atom stereocenters. The molecular formula is C26H29N3O4S. The van der Waals surface area contributed by atoms with Crippen molar-refractivity contribution in [1.82, 2.24) is 9.62 Å². The summed E-state index contributed by atoms with van der Waals surface area (Å²) in [6, 6.07) is 18.9. The number of benzene rings is 3. The molecule has 0 saturated heterocycles. The van der Waals surface area contributed by atoms with Crippen LogP contribution in [0.15, 0.2) is 71.6 Å². The SMILES string of the molecule is Cc1cc(C)c(NC(=O)CN(C)C(=O)c2cccc(S(=O)(=O)NCc3ccccc3)c2)c(C)c1. The Hall–Kier alpha value is -3.49. The van der Waals surface area contributed by atoms with Crippen molar-refractivity contribution in [3.63, 3.8) is 0 Å². The van der Waals surface area contributed by atoms with Gasteiger partial charge in [0.05, 0.1) is 11.4 Å². The number of nitrogens with one attached hydrogen (secondary N) is 2. The third kappa shape index (κ3) is 6.30. The fourth-order valence-electron chi connectivity index (χ4n) is 3.72. The first kappa shape index (κ1) is 25.1. The van der Waals surface area contributed by atoms with Crippen LogP contribution in [0.3, 0.4) is 0 Å². The van der Waals surface area contributed by atoms with Gasteiger partial charge in [0.2, 0.25) is 15.9 Å². The molecule has 0 aliphatic heterocycles. The summed E-state index contributed by atoms with van der Waals surface area (Å²) in [4.78, 5) is 26.7. The van der Waals surface area contributed by atoms with Gasteiger partial charge in [0, 0.05) is 24.8 Å². The topological polar surface area (TPSA) is 95.6 Å². The number of sulfonamides is 1. The van der Waals surface area contributed by atoms with E-state index in [2.05, 4.69) is 10.0 Å². The highest BCUT2D eigenvalue weighted by Crippen LogP contribution is 2.22. The number of carbonyl (C=O) groups is 2. The number of hydrogen-bond acceptors (Lipinski definition) is 4. The molecule has 0 heterocycles. The van der Waals surface area contributed by atoms with Gasteiger partial charge in [-0.05, 0) is 55.7 Å².